The third-order valence-corrected chi connectivity index (χ3v) is 3.48. The summed E-state index contributed by atoms with van der Waals surface area (Å²) in [5.41, 5.74) is 6.75. The number of morpholine rings is 1. The summed E-state index contributed by atoms with van der Waals surface area (Å²) in [7, 11) is 0. The lowest BCUT2D eigenvalue weighted by Gasteiger charge is -2.31. The number of hydrogen-bond donors (Lipinski definition) is 2. The Morgan fingerprint density at radius 3 is 2.52 bits per heavy atom. The molecular weight excluding hydrogens is 290 g/mol. The van der Waals surface area contributed by atoms with Crippen LogP contribution in [0.2, 0.25) is 0 Å². The van der Waals surface area contributed by atoms with Gasteiger partial charge in [0.2, 0.25) is 5.91 Å². The van der Waals surface area contributed by atoms with Crippen LogP contribution in [0.1, 0.15) is 18.5 Å². The minimum atomic E-state index is -0.495. The maximum absolute atomic E-state index is 11.9. The number of nitrogens with two attached hydrogens (primary N) is 1. The van der Waals surface area contributed by atoms with Gasteiger partial charge in [0.05, 0.1) is 25.3 Å². The van der Waals surface area contributed by atoms with Crippen molar-refractivity contribution in [3.63, 3.8) is 0 Å². The van der Waals surface area contributed by atoms with Gasteiger partial charge in [0.25, 0.3) is 0 Å². The van der Waals surface area contributed by atoms with E-state index >= 15 is 0 Å². The van der Waals surface area contributed by atoms with E-state index in [0.29, 0.717) is 0 Å². The molecule has 1 aliphatic heterocycles. The molecule has 0 bridgehead atoms. The lowest BCUT2D eigenvalue weighted by atomic mass is 10.1. The van der Waals surface area contributed by atoms with E-state index in [2.05, 4.69) is 10.2 Å². The van der Waals surface area contributed by atoms with Gasteiger partial charge in [-0.25, -0.2) is 0 Å². The largest absolute Gasteiger partial charge is 0.379 e. The molecule has 6 heteroatoms. The first-order valence-electron chi connectivity index (χ1n) is 7.08. The van der Waals surface area contributed by atoms with Crippen molar-refractivity contribution in [2.45, 2.75) is 19.0 Å². The van der Waals surface area contributed by atoms with E-state index in [1.165, 1.54) is 0 Å². The Bertz CT molecular complexity index is 422. The third kappa shape index (κ3) is 5.63. The fraction of sp³-hybridized carbons (Fsp3) is 0.533. The number of ether oxygens (including phenoxy) is 1. The van der Waals surface area contributed by atoms with Crippen LogP contribution in [0.5, 0.6) is 0 Å². The number of carbonyl (C=O) groups is 1. The maximum Gasteiger partial charge on any atom is 0.237 e. The standard InChI is InChI=1S/C15H23N3O2.ClH/c1-12(16)15(19)17-14(13-5-3-2-4-6-13)11-18-7-9-20-10-8-18;/h2-6,12,14H,7-11,16H2,1H3,(H,17,19);1H. The highest BCUT2D eigenvalue weighted by Gasteiger charge is 2.21. The van der Waals surface area contributed by atoms with Gasteiger partial charge in [0.15, 0.2) is 0 Å². The number of nitrogens with zero attached hydrogens (tertiary/aromatic N) is 1. The zero-order chi connectivity index (χ0) is 14.4. The van der Waals surface area contributed by atoms with E-state index in [1.807, 2.05) is 30.3 Å². The molecule has 1 saturated heterocycles. The molecule has 21 heavy (non-hydrogen) atoms. The van der Waals surface area contributed by atoms with Crippen LogP contribution in [0.15, 0.2) is 30.3 Å². The van der Waals surface area contributed by atoms with Crippen molar-refractivity contribution in [1.82, 2.24) is 10.2 Å². The van der Waals surface area contributed by atoms with Crippen LogP contribution < -0.4 is 11.1 Å². The molecule has 1 aromatic rings. The molecule has 0 aromatic heterocycles. The Hall–Kier alpha value is -1.14. The van der Waals surface area contributed by atoms with Crippen LogP contribution in [0.3, 0.4) is 0 Å². The molecule has 2 unspecified atom stereocenters. The van der Waals surface area contributed by atoms with Crippen molar-refractivity contribution in [2.75, 3.05) is 32.8 Å². The molecule has 2 atom stereocenters. The highest BCUT2D eigenvalue weighted by molar-refractivity contribution is 5.85. The number of hydrogen-bond acceptors (Lipinski definition) is 4. The molecule has 3 N–H and O–H groups in total. The summed E-state index contributed by atoms with van der Waals surface area (Å²) in [5.74, 6) is -0.118. The summed E-state index contributed by atoms with van der Waals surface area (Å²) in [6, 6.07) is 9.49. The minimum absolute atomic E-state index is 0. The highest BCUT2D eigenvalue weighted by atomic mass is 35.5. The van der Waals surface area contributed by atoms with Crippen molar-refractivity contribution >= 4 is 18.3 Å². The topological polar surface area (TPSA) is 67.6 Å². The van der Waals surface area contributed by atoms with Crippen LogP contribution in [0.25, 0.3) is 0 Å². The molecule has 118 valence electrons. The monoisotopic (exact) mass is 313 g/mol. The van der Waals surface area contributed by atoms with Crippen molar-refractivity contribution in [1.29, 1.82) is 0 Å². The number of rotatable bonds is 5. The van der Waals surface area contributed by atoms with Crippen molar-refractivity contribution in [2.24, 2.45) is 5.73 Å². The minimum Gasteiger partial charge on any atom is -0.379 e. The van der Waals surface area contributed by atoms with Crippen molar-refractivity contribution in [3.05, 3.63) is 35.9 Å². The average molecular weight is 314 g/mol. The zero-order valence-electron chi connectivity index (χ0n) is 12.3. The molecule has 0 aliphatic carbocycles. The summed E-state index contributed by atoms with van der Waals surface area (Å²) in [6.45, 7) is 5.79. The van der Waals surface area contributed by atoms with E-state index in [1.54, 1.807) is 6.92 Å². The Labute approximate surface area is 132 Å². The van der Waals surface area contributed by atoms with Crippen LogP contribution in [0, 0.1) is 0 Å². The van der Waals surface area contributed by atoms with Crippen LogP contribution in [-0.2, 0) is 9.53 Å². The van der Waals surface area contributed by atoms with Gasteiger partial charge in [-0.3, -0.25) is 9.69 Å². The van der Waals surface area contributed by atoms with Gasteiger partial charge in [-0.05, 0) is 12.5 Å². The Balaban J connectivity index is 0.00000220. The van der Waals surface area contributed by atoms with E-state index in [0.717, 1.165) is 38.4 Å². The van der Waals surface area contributed by atoms with Crippen LogP contribution in [-0.4, -0.2) is 49.7 Å². The fourth-order valence-electron chi connectivity index (χ4n) is 2.26. The van der Waals surface area contributed by atoms with Gasteiger partial charge in [0.1, 0.15) is 0 Å². The zero-order valence-corrected chi connectivity index (χ0v) is 13.1. The van der Waals surface area contributed by atoms with Gasteiger partial charge in [-0.1, -0.05) is 30.3 Å². The molecule has 2 rings (SSSR count). The first-order chi connectivity index (χ1) is 9.66. The second-order valence-corrected chi connectivity index (χ2v) is 5.17. The second-order valence-electron chi connectivity index (χ2n) is 5.17. The molecule has 1 aliphatic rings. The van der Waals surface area contributed by atoms with E-state index in [-0.39, 0.29) is 24.4 Å². The van der Waals surface area contributed by atoms with Gasteiger partial charge in [-0.15, -0.1) is 12.4 Å². The van der Waals surface area contributed by atoms with Crippen LogP contribution in [0.4, 0.5) is 0 Å². The van der Waals surface area contributed by atoms with E-state index < -0.39 is 6.04 Å². The van der Waals surface area contributed by atoms with Gasteiger partial charge in [0, 0.05) is 19.6 Å². The molecule has 1 fully saturated rings. The Kier molecular flexibility index (Phi) is 7.67. The molecule has 0 spiro atoms. The van der Waals surface area contributed by atoms with Crippen LogP contribution >= 0.6 is 12.4 Å². The van der Waals surface area contributed by atoms with Gasteiger partial charge < -0.3 is 15.8 Å². The molecule has 0 radical (unpaired) electrons. The van der Waals surface area contributed by atoms with Crippen molar-refractivity contribution < 1.29 is 9.53 Å². The smallest absolute Gasteiger partial charge is 0.237 e. The Morgan fingerprint density at radius 2 is 1.95 bits per heavy atom. The predicted octanol–water partition coefficient (Wildman–Crippen LogP) is 0.945. The number of amides is 1. The summed E-state index contributed by atoms with van der Waals surface area (Å²) in [5, 5.41) is 3.03. The molecule has 1 heterocycles. The second kappa shape index (κ2) is 9.00. The molecule has 5 nitrogen and oxygen atoms in total. The number of benzene rings is 1. The summed E-state index contributed by atoms with van der Waals surface area (Å²) >= 11 is 0. The first kappa shape index (κ1) is 17.9. The predicted molar refractivity (Wildman–Crippen MR) is 85.5 cm³/mol. The summed E-state index contributed by atoms with van der Waals surface area (Å²) in [6.07, 6.45) is 0. The molecule has 1 amide bonds. The van der Waals surface area contributed by atoms with Gasteiger partial charge >= 0.3 is 0 Å². The SMILES string of the molecule is CC(N)C(=O)NC(CN1CCOCC1)c1ccccc1.Cl. The quantitative estimate of drug-likeness (QED) is 0.849. The number of carbonyl (C=O) groups excluding carboxylic acids is 1. The molecular formula is C15H24ClN3O2. The van der Waals surface area contributed by atoms with Crippen molar-refractivity contribution in [3.8, 4) is 0 Å². The lowest BCUT2D eigenvalue weighted by Crippen LogP contribution is -2.46. The maximum atomic E-state index is 11.9. The third-order valence-electron chi connectivity index (χ3n) is 3.48. The first-order valence-corrected chi connectivity index (χ1v) is 7.08. The van der Waals surface area contributed by atoms with E-state index in [9.17, 15) is 4.79 Å². The Morgan fingerprint density at radius 1 is 1.33 bits per heavy atom. The van der Waals surface area contributed by atoms with Gasteiger partial charge in [-0.2, -0.15) is 0 Å². The molecule has 0 saturated carbocycles. The normalized spacial score (nSPS) is 18.4. The number of halogens is 1. The summed E-state index contributed by atoms with van der Waals surface area (Å²) < 4.78 is 5.36. The average Bonchev–Trinajstić information content (AvgIpc) is 2.48. The summed E-state index contributed by atoms with van der Waals surface area (Å²) in [4.78, 5) is 14.2. The lowest BCUT2D eigenvalue weighted by molar-refractivity contribution is -0.123. The fourth-order valence-corrected chi connectivity index (χ4v) is 2.26. The molecule has 1 aromatic carbocycles. The highest BCUT2D eigenvalue weighted by Crippen LogP contribution is 2.15. The number of nitrogens with one attached hydrogen (secondary N) is 1. The van der Waals surface area contributed by atoms with E-state index in [4.69, 9.17) is 10.5 Å².